The number of carbonyl (C=O) groups is 1. The standard InChI is InChI=1S/C20H27N5O/c1-3-4-11-24(2)20(26)18-14-22-19(15-21-18)23-16-7-9-17(10-8-16)25-12-5-6-13-25/h7-10,14-15H,3-6,11-13H2,1-2H3,(H,22,23). The van der Waals surface area contributed by atoms with Gasteiger partial charge in [-0.1, -0.05) is 13.3 Å². The fourth-order valence-corrected chi connectivity index (χ4v) is 3.07. The van der Waals surface area contributed by atoms with E-state index in [9.17, 15) is 4.79 Å². The summed E-state index contributed by atoms with van der Waals surface area (Å²) in [4.78, 5) is 25.0. The number of hydrogen-bond donors (Lipinski definition) is 1. The summed E-state index contributed by atoms with van der Waals surface area (Å²) in [6, 6.07) is 8.35. The first kappa shape index (κ1) is 18.2. The van der Waals surface area contributed by atoms with E-state index < -0.39 is 0 Å². The van der Waals surface area contributed by atoms with Crippen molar-refractivity contribution in [1.82, 2.24) is 14.9 Å². The van der Waals surface area contributed by atoms with E-state index >= 15 is 0 Å². The summed E-state index contributed by atoms with van der Waals surface area (Å²) in [5.41, 5.74) is 2.59. The third-order valence-electron chi connectivity index (χ3n) is 4.68. The van der Waals surface area contributed by atoms with Crippen molar-refractivity contribution < 1.29 is 4.79 Å². The van der Waals surface area contributed by atoms with Gasteiger partial charge in [0.25, 0.3) is 5.91 Å². The van der Waals surface area contributed by atoms with Crippen LogP contribution in [0.25, 0.3) is 0 Å². The maximum Gasteiger partial charge on any atom is 0.273 e. The van der Waals surface area contributed by atoms with Crippen LogP contribution in [-0.4, -0.2) is 47.5 Å². The van der Waals surface area contributed by atoms with Crippen LogP contribution < -0.4 is 10.2 Å². The Morgan fingerprint density at radius 3 is 2.50 bits per heavy atom. The van der Waals surface area contributed by atoms with Gasteiger partial charge in [-0.3, -0.25) is 4.79 Å². The van der Waals surface area contributed by atoms with Crippen molar-refractivity contribution in [2.75, 3.05) is 36.9 Å². The van der Waals surface area contributed by atoms with Gasteiger partial charge >= 0.3 is 0 Å². The molecule has 2 aromatic rings. The average molecular weight is 353 g/mol. The highest BCUT2D eigenvalue weighted by Gasteiger charge is 2.14. The number of hydrogen-bond acceptors (Lipinski definition) is 5. The summed E-state index contributed by atoms with van der Waals surface area (Å²) in [6.07, 6.45) is 7.73. The zero-order chi connectivity index (χ0) is 18.4. The highest BCUT2D eigenvalue weighted by molar-refractivity contribution is 5.91. The van der Waals surface area contributed by atoms with E-state index in [1.165, 1.54) is 24.7 Å². The van der Waals surface area contributed by atoms with Gasteiger partial charge in [-0.2, -0.15) is 0 Å². The van der Waals surface area contributed by atoms with Crippen LogP contribution in [0.15, 0.2) is 36.7 Å². The van der Waals surface area contributed by atoms with Crippen LogP contribution in [-0.2, 0) is 0 Å². The van der Waals surface area contributed by atoms with Crippen LogP contribution in [0.2, 0.25) is 0 Å². The van der Waals surface area contributed by atoms with Crippen LogP contribution in [0, 0.1) is 0 Å². The van der Waals surface area contributed by atoms with E-state index in [2.05, 4.69) is 39.2 Å². The lowest BCUT2D eigenvalue weighted by atomic mass is 10.2. The van der Waals surface area contributed by atoms with Gasteiger partial charge < -0.3 is 15.1 Å². The monoisotopic (exact) mass is 353 g/mol. The molecule has 6 nitrogen and oxygen atoms in total. The third kappa shape index (κ3) is 4.50. The van der Waals surface area contributed by atoms with Gasteiger partial charge in [0.2, 0.25) is 0 Å². The lowest BCUT2D eigenvalue weighted by molar-refractivity contribution is 0.0787. The molecule has 1 N–H and O–H groups in total. The number of benzene rings is 1. The molecule has 1 fully saturated rings. The van der Waals surface area contributed by atoms with Crippen LogP contribution in [0.3, 0.4) is 0 Å². The second kappa shape index (κ2) is 8.65. The van der Waals surface area contributed by atoms with E-state index in [-0.39, 0.29) is 5.91 Å². The molecule has 0 spiro atoms. The molecule has 3 rings (SSSR count). The predicted octanol–water partition coefficient (Wildman–Crippen LogP) is 3.69. The molecular formula is C20H27N5O. The van der Waals surface area contributed by atoms with E-state index in [1.807, 2.05) is 12.1 Å². The molecule has 26 heavy (non-hydrogen) atoms. The van der Waals surface area contributed by atoms with Crippen LogP contribution in [0.1, 0.15) is 43.1 Å². The van der Waals surface area contributed by atoms with Gasteiger partial charge in [0.1, 0.15) is 11.5 Å². The number of nitrogens with one attached hydrogen (secondary N) is 1. The summed E-state index contributed by atoms with van der Waals surface area (Å²) in [5.74, 6) is 0.541. The molecule has 1 amide bonds. The molecule has 2 heterocycles. The average Bonchev–Trinajstić information content (AvgIpc) is 3.21. The number of rotatable bonds is 7. The number of carbonyl (C=O) groups excluding carboxylic acids is 1. The van der Waals surface area contributed by atoms with Crippen molar-refractivity contribution in [1.29, 1.82) is 0 Å². The Kier molecular flexibility index (Phi) is 6.04. The fourth-order valence-electron chi connectivity index (χ4n) is 3.07. The molecule has 0 radical (unpaired) electrons. The third-order valence-corrected chi connectivity index (χ3v) is 4.68. The lowest BCUT2D eigenvalue weighted by Gasteiger charge is -2.18. The molecule has 0 bridgehead atoms. The first-order chi connectivity index (χ1) is 12.7. The first-order valence-corrected chi connectivity index (χ1v) is 9.37. The molecule has 1 saturated heterocycles. The molecule has 1 aliphatic rings. The van der Waals surface area contributed by atoms with Gasteiger partial charge in [-0.15, -0.1) is 0 Å². The van der Waals surface area contributed by atoms with Gasteiger partial charge in [0, 0.05) is 38.1 Å². The Hall–Kier alpha value is -2.63. The Balaban J connectivity index is 1.59. The molecule has 0 unspecified atom stereocenters. The van der Waals surface area contributed by atoms with E-state index in [0.717, 1.165) is 38.2 Å². The number of nitrogens with zero attached hydrogens (tertiary/aromatic N) is 4. The summed E-state index contributed by atoms with van der Waals surface area (Å²) in [7, 11) is 1.80. The maximum atomic E-state index is 12.3. The minimum atomic E-state index is -0.0903. The van der Waals surface area contributed by atoms with E-state index in [1.54, 1.807) is 18.1 Å². The van der Waals surface area contributed by atoms with Gasteiger partial charge in [0.05, 0.1) is 12.4 Å². The SMILES string of the molecule is CCCCN(C)C(=O)c1cnc(Nc2ccc(N3CCCC3)cc2)cn1. The summed E-state index contributed by atoms with van der Waals surface area (Å²) >= 11 is 0. The normalized spacial score (nSPS) is 13.7. The van der Waals surface area contributed by atoms with Crippen molar-refractivity contribution in [3.8, 4) is 0 Å². The summed E-state index contributed by atoms with van der Waals surface area (Å²) < 4.78 is 0. The molecule has 1 aliphatic heterocycles. The van der Waals surface area contributed by atoms with E-state index in [0.29, 0.717) is 11.5 Å². The van der Waals surface area contributed by atoms with Crippen molar-refractivity contribution in [3.63, 3.8) is 0 Å². The maximum absolute atomic E-state index is 12.3. The second-order valence-electron chi connectivity index (χ2n) is 6.73. The van der Waals surface area contributed by atoms with Crippen molar-refractivity contribution >= 4 is 23.1 Å². The van der Waals surface area contributed by atoms with Gasteiger partial charge in [-0.05, 0) is 43.5 Å². The molecule has 138 valence electrons. The number of unbranched alkanes of at least 4 members (excludes halogenated alkanes) is 1. The Bertz CT molecular complexity index is 708. The van der Waals surface area contributed by atoms with Crippen LogP contribution in [0.5, 0.6) is 0 Å². The minimum Gasteiger partial charge on any atom is -0.372 e. The van der Waals surface area contributed by atoms with Crippen LogP contribution >= 0.6 is 0 Å². The fraction of sp³-hybridized carbons (Fsp3) is 0.450. The molecular weight excluding hydrogens is 326 g/mol. The largest absolute Gasteiger partial charge is 0.372 e. The Morgan fingerprint density at radius 1 is 1.15 bits per heavy atom. The predicted molar refractivity (Wildman–Crippen MR) is 105 cm³/mol. The molecule has 0 atom stereocenters. The first-order valence-electron chi connectivity index (χ1n) is 9.37. The van der Waals surface area contributed by atoms with Crippen molar-refractivity contribution in [3.05, 3.63) is 42.4 Å². The topological polar surface area (TPSA) is 61.4 Å². The minimum absolute atomic E-state index is 0.0903. The highest BCUT2D eigenvalue weighted by Crippen LogP contribution is 2.23. The van der Waals surface area contributed by atoms with E-state index in [4.69, 9.17) is 0 Å². The van der Waals surface area contributed by atoms with Crippen molar-refractivity contribution in [2.24, 2.45) is 0 Å². The lowest BCUT2D eigenvalue weighted by Crippen LogP contribution is -2.28. The number of aromatic nitrogens is 2. The molecule has 6 heteroatoms. The van der Waals surface area contributed by atoms with Gasteiger partial charge in [-0.25, -0.2) is 9.97 Å². The molecule has 0 aliphatic carbocycles. The zero-order valence-corrected chi connectivity index (χ0v) is 15.6. The molecule has 1 aromatic carbocycles. The summed E-state index contributed by atoms with van der Waals surface area (Å²) in [5, 5.41) is 3.23. The number of amides is 1. The highest BCUT2D eigenvalue weighted by atomic mass is 16.2. The second-order valence-corrected chi connectivity index (χ2v) is 6.73. The number of anilines is 3. The zero-order valence-electron chi connectivity index (χ0n) is 15.6. The quantitative estimate of drug-likeness (QED) is 0.822. The molecule has 0 saturated carbocycles. The van der Waals surface area contributed by atoms with Crippen molar-refractivity contribution in [2.45, 2.75) is 32.6 Å². The van der Waals surface area contributed by atoms with Crippen LogP contribution in [0.4, 0.5) is 17.2 Å². The summed E-state index contributed by atoms with van der Waals surface area (Å²) in [6.45, 7) is 5.12. The Labute approximate surface area is 155 Å². The smallest absolute Gasteiger partial charge is 0.273 e. The Morgan fingerprint density at radius 2 is 1.88 bits per heavy atom. The molecule has 1 aromatic heterocycles. The van der Waals surface area contributed by atoms with Gasteiger partial charge in [0.15, 0.2) is 0 Å².